The highest BCUT2D eigenvalue weighted by Gasteiger charge is 2.28. The zero-order chi connectivity index (χ0) is 15.3. The molecule has 1 saturated carbocycles. The number of nitrogens with zero attached hydrogens (tertiary/aromatic N) is 1. The second-order valence-electron chi connectivity index (χ2n) is 5.54. The number of hydrogen-bond acceptors (Lipinski definition) is 3. The van der Waals surface area contributed by atoms with Crippen molar-refractivity contribution in [2.45, 2.75) is 51.1 Å². The molecule has 0 aromatic heterocycles. The van der Waals surface area contributed by atoms with Crippen LogP contribution in [0.25, 0.3) is 0 Å². The first-order valence-electron chi connectivity index (χ1n) is 6.85. The highest BCUT2D eigenvalue weighted by atomic mass is 16.4. The zero-order valence-electron chi connectivity index (χ0n) is 12.0. The number of urea groups is 1. The fourth-order valence-electron chi connectivity index (χ4n) is 2.45. The molecule has 0 saturated heterocycles. The Morgan fingerprint density at radius 1 is 1.30 bits per heavy atom. The number of aliphatic carboxylic acids is 1. The van der Waals surface area contributed by atoms with Crippen molar-refractivity contribution < 1.29 is 19.5 Å². The van der Waals surface area contributed by atoms with Crippen molar-refractivity contribution in [3.8, 4) is 0 Å². The van der Waals surface area contributed by atoms with Crippen molar-refractivity contribution in [2.24, 2.45) is 11.7 Å². The molecule has 1 fully saturated rings. The number of primary amides is 1. The molecular formula is C13H23N3O4. The summed E-state index contributed by atoms with van der Waals surface area (Å²) in [6, 6.07) is -1.63. The summed E-state index contributed by atoms with van der Waals surface area (Å²) in [5.74, 6) is -1.35. The van der Waals surface area contributed by atoms with Gasteiger partial charge in [-0.1, -0.05) is 6.92 Å². The van der Waals surface area contributed by atoms with E-state index in [0.29, 0.717) is 5.92 Å². The molecule has 0 bridgehead atoms. The molecule has 0 aromatic carbocycles. The summed E-state index contributed by atoms with van der Waals surface area (Å²) in [6.07, 6.45) is 3.55. The van der Waals surface area contributed by atoms with E-state index in [4.69, 9.17) is 10.8 Å². The predicted octanol–water partition coefficient (Wildman–Crippen LogP) is 0.535. The summed E-state index contributed by atoms with van der Waals surface area (Å²) in [6.45, 7) is 2.18. The number of carbonyl (C=O) groups is 3. The van der Waals surface area contributed by atoms with Crippen molar-refractivity contribution in [1.29, 1.82) is 0 Å². The summed E-state index contributed by atoms with van der Waals surface area (Å²) in [7, 11) is 1.65. The number of hydrogen-bond donors (Lipinski definition) is 3. The van der Waals surface area contributed by atoms with E-state index in [1.54, 1.807) is 7.05 Å². The summed E-state index contributed by atoms with van der Waals surface area (Å²) in [4.78, 5) is 35.3. The van der Waals surface area contributed by atoms with E-state index < -0.39 is 30.4 Å². The molecule has 0 aliphatic heterocycles. The molecule has 20 heavy (non-hydrogen) atoms. The van der Waals surface area contributed by atoms with E-state index in [0.717, 1.165) is 25.7 Å². The van der Waals surface area contributed by atoms with Crippen molar-refractivity contribution in [1.82, 2.24) is 10.2 Å². The predicted molar refractivity (Wildman–Crippen MR) is 72.9 cm³/mol. The van der Waals surface area contributed by atoms with Crippen LogP contribution in [0.2, 0.25) is 0 Å². The van der Waals surface area contributed by atoms with Crippen LogP contribution < -0.4 is 11.1 Å². The van der Waals surface area contributed by atoms with Gasteiger partial charge in [-0.05, 0) is 31.6 Å². The van der Waals surface area contributed by atoms with E-state index in [9.17, 15) is 14.4 Å². The highest BCUT2D eigenvalue weighted by molar-refractivity contribution is 5.87. The van der Waals surface area contributed by atoms with Crippen molar-refractivity contribution in [3.63, 3.8) is 0 Å². The summed E-state index contributed by atoms with van der Waals surface area (Å²) < 4.78 is 0. The van der Waals surface area contributed by atoms with Gasteiger partial charge in [0.2, 0.25) is 5.91 Å². The molecule has 4 N–H and O–H groups in total. The van der Waals surface area contributed by atoms with E-state index in [1.807, 2.05) is 0 Å². The molecule has 0 aromatic rings. The Balaban J connectivity index is 2.55. The Morgan fingerprint density at radius 3 is 2.30 bits per heavy atom. The van der Waals surface area contributed by atoms with Gasteiger partial charge >= 0.3 is 12.0 Å². The number of nitrogens with one attached hydrogen (secondary N) is 1. The van der Waals surface area contributed by atoms with Crippen LogP contribution in [0.15, 0.2) is 0 Å². The molecule has 1 atom stereocenters. The Labute approximate surface area is 118 Å². The number of rotatable bonds is 5. The minimum absolute atomic E-state index is 0.120. The zero-order valence-corrected chi connectivity index (χ0v) is 12.0. The number of amides is 3. The smallest absolute Gasteiger partial charge is 0.326 e. The lowest BCUT2D eigenvalue weighted by Crippen LogP contribution is -2.51. The van der Waals surface area contributed by atoms with Crippen LogP contribution in [0, 0.1) is 5.92 Å². The molecule has 114 valence electrons. The van der Waals surface area contributed by atoms with Gasteiger partial charge in [0, 0.05) is 13.1 Å². The first-order valence-corrected chi connectivity index (χ1v) is 6.85. The third kappa shape index (κ3) is 4.71. The van der Waals surface area contributed by atoms with Crippen molar-refractivity contribution in [2.75, 3.05) is 7.05 Å². The van der Waals surface area contributed by atoms with Crippen LogP contribution in [0.4, 0.5) is 4.79 Å². The first kappa shape index (κ1) is 16.3. The summed E-state index contributed by atoms with van der Waals surface area (Å²) >= 11 is 0. The quantitative estimate of drug-likeness (QED) is 0.684. The van der Waals surface area contributed by atoms with E-state index >= 15 is 0 Å². The first-order chi connectivity index (χ1) is 9.31. The molecule has 1 rings (SSSR count). The average Bonchev–Trinajstić information content (AvgIpc) is 2.37. The molecule has 1 aliphatic carbocycles. The lowest BCUT2D eigenvalue weighted by molar-refractivity contribution is -0.141. The molecule has 7 heteroatoms. The molecule has 3 amide bonds. The largest absolute Gasteiger partial charge is 0.480 e. The maximum Gasteiger partial charge on any atom is 0.326 e. The number of carboxylic acid groups (broad SMARTS) is 1. The van der Waals surface area contributed by atoms with Crippen LogP contribution in [0.3, 0.4) is 0 Å². The topological polar surface area (TPSA) is 113 Å². The van der Waals surface area contributed by atoms with Crippen LogP contribution >= 0.6 is 0 Å². The third-order valence-electron chi connectivity index (χ3n) is 3.85. The van der Waals surface area contributed by atoms with E-state index in [-0.39, 0.29) is 6.04 Å². The molecule has 0 heterocycles. The average molecular weight is 285 g/mol. The minimum atomic E-state index is -1.27. The Kier molecular flexibility index (Phi) is 5.79. The molecule has 0 spiro atoms. The summed E-state index contributed by atoms with van der Waals surface area (Å²) in [5.41, 5.74) is 4.97. The lowest BCUT2D eigenvalue weighted by atomic mass is 9.87. The molecule has 7 nitrogen and oxygen atoms in total. The Hall–Kier alpha value is -1.79. The van der Waals surface area contributed by atoms with Gasteiger partial charge in [-0.15, -0.1) is 0 Å². The Morgan fingerprint density at radius 2 is 1.85 bits per heavy atom. The minimum Gasteiger partial charge on any atom is -0.480 e. The van der Waals surface area contributed by atoms with Gasteiger partial charge in [0.05, 0.1) is 6.42 Å². The number of carbonyl (C=O) groups excluding carboxylic acids is 2. The normalized spacial score (nSPS) is 23.7. The van der Waals surface area contributed by atoms with Crippen molar-refractivity contribution in [3.05, 3.63) is 0 Å². The second kappa shape index (κ2) is 7.12. The molecule has 1 aliphatic rings. The Bertz CT molecular complexity index is 378. The number of carboxylic acids is 1. The second-order valence-corrected chi connectivity index (χ2v) is 5.54. The lowest BCUT2D eigenvalue weighted by Gasteiger charge is -2.34. The van der Waals surface area contributed by atoms with Gasteiger partial charge in [0.25, 0.3) is 0 Å². The van der Waals surface area contributed by atoms with Gasteiger partial charge < -0.3 is 21.1 Å². The highest BCUT2D eigenvalue weighted by Crippen LogP contribution is 2.26. The van der Waals surface area contributed by atoms with Gasteiger partial charge in [0.1, 0.15) is 6.04 Å². The van der Waals surface area contributed by atoms with Crippen LogP contribution in [0.5, 0.6) is 0 Å². The van der Waals surface area contributed by atoms with E-state index in [2.05, 4.69) is 12.2 Å². The molecule has 0 radical (unpaired) electrons. The van der Waals surface area contributed by atoms with Gasteiger partial charge in [0.15, 0.2) is 0 Å². The maximum absolute atomic E-state index is 12.0. The maximum atomic E-state index is 12.0. The van der Waals surface area contributed by atoms with Gasteiger partial charge in [-0.25, -0.2) is 9.59 Å². The third-order valence-corrected chi connectivity index (χ3v) is 3.85. The number of nitrogens with two attached hydrogens (primary N) is 1. The van der Waals surface area contributed by atoms with Gasteiger partial charge in [-0.3, -0.25) is 4.79 Å². The van der Waals surface area contributed by atoms with Crippen LogP contribution in [-0.2, 0) is 9.59 Å². The monoisotopic (exact) mass is 285 g/mol. The molecular weight excluding hydrogens is 262 g/mol. The molecule has 1 unspecified atom stereocenters. The fraction of sp³-hybridized carbons (Fsp3) is 0.769. The van der Waals surface area contributed by atoms with Crippen LogP contribution in [0.1, 0.15) is 39.0 Å². The van der Waals surface area contributed by atoms with Crippen molar-refractivity contribution >= 4 is 17.9 Å². The summed E-state index contributed by atoms with van der Waals surface area (Å²) in [5, 5.41) is 11.3. The SMILES string of the molecule is CC1CCC(N(C)C(=O)NC(CC(N)=O)C(=O)O)CC1. The van der Waals surface area contributed by atoms with E-state index in [1.165, 1.54) is 4.90 Å². The van der Waals surface area contributed by atoms with Gasteiger partial charge in [-0.2, -0.15) is 0 Å². The standard InChI is InChI=1S/C13H23N3O4/c1-8-3-5-9(6-4-8)16(2)13(20)15-10(12(18)19)7-11(14)17/h8-10H,3-7H2,1-2H3,(H2,14,17)(H,15,20)(H,18,19). The fourth-order valence-corrected chi connectivity index (χ4v) is 2.45. The van der Waals surface area contributed by atoms with Crippen LogP contribution in [-0.4, -0.2) is 47.0 Å².